The second kappa shape index (κ2) is 17.6. The van der Waals surface area contributed by atoms with Crippen LogP contribution in [0.2, 0.25) is 0 Å². The number of nitrogens with zero attached hydrogens (tertiary/aromatic N) is 1. The van der Waals surface area contributed by atoms with Crippen molar-refractivity contribution in [1.29, 1.82) is 0 Å². The van der Waals surface area contributed by atoms with Crippen LogP contribution in [-0.4, -0.2) is 5.71 Å². The Kier molecular flexibility index (Phi) is 10.6. The van der Waals surface area contributed by atoms with Crippen LogP contribution >= 0.6 is 0 Å². The summed E-state index contributed by atoms with van der Waals surface area (Å²) in [6.45, 7) is 13.5. The van der Waals surface area contributed by atoms with Gasteiger partial charge in [0.25, 0.3) is 0 Å². The molecule has 10 aromatic carbocycles. The number of allylic oxidation sites excluding steroid dienone is 2. The van der Waals surface area contributed by atoms with Crippen LogP contribution in [0.1, 0.15) is 63.4 Å². The minimum absolute atomic E-state index is 0.361. The summed E-state index contributed by atoms with van der Waals surface area (Å²) in [5, 5.41) is 2.17. The average molecular weight is 934 g/mol. The van der Waals surface area contributed by atoms with Gasteiger partial charge in [0, 0.05) is 27.6 Å². The quantitative estimate of drug-likeness (QED) is 0.0991. The second-order valence-electron chi connectivity index (χ2n) is 19.3. The first-order valence-electron chi connectivity index (χ1n) is 25.3. The molecular formula is C71H51NO. The topological polar surface area (TPSA) is 25.5 Å². The van der Waals surface area contributed by atoms with Crippen LogP contribution in [0.4, 0.5) is 0 Å². The molecule has 0 bridgehead atoms. The number of aryl methyl sites for hydroxylation is 1. The summed E-state index contributed by atoms with van der Waals surface area (Å²) < 4.78 is 6.32. The summed E-state index contributed by atoms with van der Waals surface area (Å²) in [5.41, 5.74) is 26.9. The fourth-order valence-corrected chi connectivity index (χ4v) is 12.1. The van der Waals surface area contributed by atoms with Crippen molar-refractivity contribution in [3.05, 3.63) is 294 Å². The summed E-state index contributed by atoms with van der Waals surface area (Å²) in [5.74, 6) is 0. The number of rotatable bonds is 10. The summed E-state index contributed by atoms with van der Waals surface area (Å²) >= 11 is 0. The Morgan fingerprint density at radius 2 is 1.05 bits per heavy atom. The van der Waals surface area contributed by atoms with E-state index in [1.165, 1.54) is 61.2 Å². The third-order valence-electron chi connectivity index (χ3n) is 15.4. The molecule has 0 unspecified atom stereocenters. The standard InChI is InChI=1S/C71H51NO/c1-5-47-23-19-30-53(46(4)41-66(48-21-8-7-9-22-48)72-65(6-2)57-31-20-36-68-70(57)58-29-13-17-35-67(58)73-68)69(47)59-43-51(38-37-45(59)3)49-24-18-25-50(42-49)52-39-40-64-60(44-52)56-28-12-16-34-63(56)71(64)61-32-14-10-26-54(61)55-27-11-15-33-62(55)71/h5,7-44H,1,4,6H2,2-3H3/b66-41-,72-65?. The molecule has 11 aromatic rings. The molecule has 0 fully saturated rings. The van der Waals surface area contributed by atoms with E-state index in [2.05, 4.69) is 227 Å². The first kappa shape index (κ1) is 43.9. The van der Waals surface area contributed by atoms with Gasteiger partial charge in [0.1, 0.15) is 11.2 Å². The number of furan rings is 1. The Morgan fingerprint density at radius 1 is 0.507 bits per heavy atom. The van der Waals surface area contributed by atoms with Crippen LogP contribution in [0.15, 0.2) is 253 Å². The molecule has 73 heavy (non-hydrogen) atoms. The van der Waals surface area contributed by atoms with Gasteiger partial charge < -0.3 is 4.42 Å². The molecule has 1 heterocycles. The molecule has 2 nitrogen and oxygen atoms in total. The van der Waals surface area contributed by atoms with Gasteiger partial charge in [0.2, 0.25) is 0 Å². The maximum absolute atomic E-state index is 6.32. The van der Waals surface area contributed by atoms with E-state index in [1.807, 2.05) is 30.3 Å². The van der Waals surface area contributed by atoms with E-state index in [1.54, 1.807) is 0 Å². The lowest BCUT2D eigenvalue weighted by Gasteiger charge is -2.30. The molecule has 2 heteroatoms. The Balaban J connectivity index is 0.892. The van der Waals surface area contributed by atoms with E-state index in [0.29, 0.717) is 0 Å². The molecule has 2 aliphatic rings. The maximum Gasteiger partial charge on any atom is 0.136 e. The third kappa shape index (κ3) is 6.97. The van der Waals surface area contributed by atoms with Gasteiger partial charge in [0.05, 0.1) is 11.1 Å². The van der Waals surface area contributed by atoms with E-state index < -0.39 is 0 Å². The predicted molar refractivity (Wildman–Crippen MR) is 308 cm³/mol. The zero-order chi connectivity index (χ0) is 49.2. The van der Waals surface area contributed by atoms with Crippen molar-refractivity contribution >= 4 is 45.0 Å². The molecule has 0 amide bonds. The number of hydrogen-bond acceptors (Lipinski definition) is 2. The summed E-state index contributed by atoms with van der Waals surface area (Å²) in [4.78, 5) is 5.51. The van der Waals surface area contributed by atoms with Crippen molar-refractivity contribution in [2.45, 2.75) is 25.7 Å². The monoisotopic (exact) mass is 933 g/mol. The van der Waals surface area contributed by atoms with E-state index in [4.69, 9.17) is 16.0 Å². The van der Waals surface area contributed by atoms with Gasteiger partial charge in [-0.1, -0.05) is 220 Å². The van der Waals surface area contributed by atoms with Crippen molar-refractivity contribution in [3.63, 3.8) is 0 Å². The Bertz CT molecular complexity index is 4070. The lowest BCUT2D eigenvalue weighted by atomic mass is 9.70. The number of fused-ring (bicyclic) bond motifs is 13. The average Bonchev–Trinajstić information content (AvgIpc) is 4.08. The Labute approximate surface area is 427 Å². The fraction of sp³-hybridized carbons (Fsp3) is 0.0563. The van der Waals surface area contributed by atoms with Crippen LogP contribution in [0.5, 0.6) is 0 Å². The number of aliphatic imine (C=N–C) groups is 1. The minimum Gasteiger partial charge on any atom is -0.456 e. The van der Waals surface area contributed by atoms with E-state index in [9.17, 15) is 0 Å². The minimum atomic E-state index is -0.361. The van der Waals surface area contributed by atoms with Crippen molar-refractivity contribution in [1.82, 2.24) is 0 Å². The molecule has 1 spiro atoms. The largest absolute Gasteiger partial charge is 0.456 e. The normalized spacial score (nSPS) is 13.2. The van der Waals surface area contributed by atoms with Gasteiger partial charge in [-0.3, -0.25) is 4.99 Å². The van der Waals surface area contributed by atoms with Gasteiger partial charge in [-0.15, -0.1) is 0 Å². The zero-order valence-corrected chi connectivity index (χ0v) is 41.0. The summed E-state index contributed by atoms with van der Waals surface area (Å²) in [7, 11) is 0. The van der Waals surface area contributed by atoms with Crippen LogP contribution in [0.3, 0.4) is 0 Å². The second-order valence-corrected chi connectivity index (χ2v) is 19.3. The highest BCUT2D eigenvalue weighted by Crippen LogP contribution is 2.63. The van der Waals surface area contributed by atoms with Crippen LogP contribution in [0, 0.1) is 6.92 Å². The molecule has 0 N–H and O–H groups in total. The molecule has 2 aliphatic carbocycles. The van der Waals surface area contributed by atoms with Gasteiger partial charge in [-0.05, 0) is 150 Å². The maximum atomic E-state index is 6.32. The van der Waals surface area contributed by atoms with Gasteiger partial charge in [-0.25, -0.2) is 0 Å². The first-order chi connectivity index (χ1) is 35.9. The van der Waals surface area contributed by atoms with Gasteiger partial charge in [-0.2, -0.15) is 0 Å². The molecule has 0 atom stereocenters. The van der Waals surface area contributed by atoms with Gasteiger partial charge in [0.15, 0.2) is 0 Å². The van der Waals surface area contributed by atoms with Crippen molar-refractivity contribution < 1.29 is 4.42 Å². The number of benzene rings is 10. The molecular weight excluding hydrogens is 883 g/mol. The van der Waals surface area contributed by atoms with E-state index >= 15 is 0 Å². The highest BCUT2D eigenvalue weighted by Gasteiger charge is 2.51. The number of para-hydroxylation sites is 1. The lowest BCUT2D eigenvalue weighted by Crippen LogP contribution is -2.25. The highest BCUT2D eigenvalue weighted by atomic mass is 16.3. The summed E-state index contributed by atoms with van der Waals surface area (Å²) in [6.07, 6.45) is 4.83. The molecule has 0 radical (unpaired) electrons. The lowest BCUT2D eigenvalue weighted by molar-refractivity contribution is 0.669. The highest BCUT2D eigenvalue weighted by molar-refractivity contribution is 6.19. The molecule has 13 rings (SSSR count). The van der Waals surface area contributed by atoms with Crippen LogP contribution in [0.25, 0.3) is 94.9 Å². The fourth-order valence-electron chi connectivity index (χ4n) is 12.1. The Hall–Kier alpha value is -9.11. The van der Waals surface area contributed by atoms with Gasteiger partial charge >= 0.3 is 0 Å². The molecule has 0 saturated carbocycles. The zero-order valence-electron chi connectivity index (χ0n) is 41.0. The van der Waals surface area contributed by atoms with E-state index in [-0.39, 0.29) is 5.41 Å². The molecule has 0 aliphatic heterocycles. The Morgan fingerprint density at radius 3 is 1.75 bits per heavy atom. The first-order valence-corrected chi connectivity index (χ1v) is 25.3. The smallest absolute Gasteiger partial charge is 0.136 e. The van der Waals surface area contributed by atoms with Crippen LogP contribution < -0.4 is 0 Å². The molecule has 346 valence electrons. The number of hydrogen-bond donors (Lipinski definition) is 0. The molecule has 1 aromatic heterocycles. The third-order valence-corrected chi connectivity index (χ3v) is 15.4. The van der Waals surface area contributed by atoms with Crippen molar-refractivity contribution in [3.8, 4) is 55.6 Å². The van der Waals surface area contributed by atoms with Crippen LogP contribution in [-0.2, 0) is 5.41 Å². The molecule has 0 saturated heterocycles. The SMILES string of the molecule is C=Cc1cccc(C(=C)/C=C(\N=C(CC)c2cccc3oc4ccccc4c23)c2ccccc2)c1-c1cc(-c2cccc(-c3ccc4c(c3)-c3ccccc3C43c4ccccc4-c4ccccc43)c2)ccc1C. The van der Waals surface area contributed by atoms with Crippen molar-refractivity contribution in [2.24, 2.45) is 4.99 Å². The summed E-state index contributed by atoms with van der Waals surface area (Å²) in [6, 6.07) is 81.4. The van der Waals surface area contributed by atoms with E-state index in [0.717, 1.165) is 89.8 Å². The van der Waals surface area contributed by atoms with Crippen molar-refractivity contribution in [2.75, 3.05) is 0 Å². The predicted octanol–water partition coefficient (Wildman–Crippen LogP) is 18.8.